The molecule has 0 atom stereocenters. The van der Waals surface area contributed by atoms with Crippen LogP contribution in [0.15, 0.2) is 48.5 Å². The molecule has 0 bridgehead atoms. The molecule has 0 amide bonds. The third kappa shape index (κ3) is 4.31. The van der Waals surface area contributed by atoms with Gasteiger partial charge in [-0.1, -0.05) is 54.6 Å². The molecule has 2 aromatic carbocycles. The second-order valence-electron chi connectivity index (χ2n) is 4.61. The number of esters is 2. The van der Waals surface area contributed by atoms with Crippen LogP contribution in [0.25, 0.3) is 12.2 Å². The van der Waals surface area contributed by atoms with Crippen LogP contribution in [0.5, 0.6) is 11.5 Å². The molecule has 4 heteroatoms. The number of hydrogen-bond donors (Lipinski definition) is 0. The Hall–Kier alpha value is -2.88. The highest BCUT2D eigenvalue weighted by molar-refractivity contribution is 5.80. The summed E-state index contributed by atoms with van der Waals surface area (Å²) in [6.07, 6.45) is 3.69. The number of para-hydroxylation sites is 1. The molecule has 0 unspecified atom stereocenters. The summed E-state index contributed by atoms with van der Waals surface area (Å²) in [7, 11) is 0. The van der Waals surface area contributed by atoms with Gasteiger partial charge in [0.2, 0.25) is 0 Å². The van der Waals surface area contributed by atoms with Crippen molar-refractivity contribution in [2.24, 2.45) is 0 Å². The Morgan fingerprint density at radius 3 is 2.14 bits per heavy atom. The normalized spacial score (nSPS) is 10.5. The van der Waals surface area contributed by atoms with Gasteiger partial charge in [-0.3, -0.25) is 9.59 Å². The maximum Gasteiger partial charge on any atom is 0.308 e. The van der Waals surface area contributed by atoms with Crippen LogP contribution in [-0.2, 0) is 9.59 Å². The lowest BCUT2D eigenvalue weighted by molar-refractivity contribution is -0.134. The van der Waals surface area contributed by atoms with Gasteiger partial charge < -0.3 is 9.47 Å². The van der Waals surface area contributed by atoms with Crippen LogP contribution in [-0.4, -0.2) is 11.9 Å². The molecular formula is C18H16O4. The van der Waals surface area contributed by atoms with Gasteiger partial charge in [-0.25, -0.2) is 0 Å². The molecule has 0 fully saturated rings. The fourth-order valence-corrected chi connectivity index (χ4v) is 1.90. The van der Waals surface area contributed by atoms with Gasteiger partial charge in [-0.05, 0) is 11.6 Å². The van der Waals surface area contributed by atoms with E-state index in [9.17, 15) is 9.59 Å². The number of benzene rings is 2. The van der Waals surface area contributed by atoms with Gasteiger partial charge in [-0.15, -0.1) is 0 Å². The SMILES string of the molecule is CC(=O)Oc1cccc(C=Cc2ccccc2)c1OC(C)=O. The van der Waals surface area contributed by atoms with E-state index in [1.807, 2.05) is 36.4 Å². The van der Waals surface area contributed by atoms with Gasteiger partial charge in [-0.2, -0.15) is 0 Å². The lowest BCUT2D eigenvalue weighted by atomic mass is 10.1. The number of carbonyl (C=O) groups excluding carboxylic acids is 2. The van der Waals surface area contributed by atoms with E-state index >= 15 is 0 Å². The first-order valence-electron chi connectivity index (χ1n) is 6.79. The third-order valence-corrected chi connectivity index (χ3v) is 2.76. The highest BCUT2D eigenvalue weighted by atomic mass is 16.6. The Kier molecular flexibility index (Phi) is 5.09. The average molecular weight is 296 g/mol. The van der Waals surface area contributed by atoms with Crippen molar-refractivity contribution in [3.8, 4) is 11.5 Å². The van der Waals surface area contributed by atoms with Crippen molar-refractivity contribution >= 4 is 24.1 Å². The van der Waals surface area contributed by atoms with Gasteiger partial charge in [0.1, 0.15) is 0 Å². The lowest BCUT2D eigenvalue weighted by Crippen LogP contribution is -2.08. The zero-order valence-corrected chi connectivity index (χ0v) is 12.4. The molecule has 0 saturated carbocycles. The minimum atomic E-state index is -0.478. The van der Waals surface area contributed by atoms with Crippen molar-refractivity contribution in [3.63, 3.8) is 0 Å². The van der Waals surface area contributed by atoms with Crippen LogP contribution in [0.1, 0.15) is 25.0 Å². The predicted octanol–water partition coefficient (Wildman–Crippen LogP) is 3.71. The zero-order valence-electron chi connectivity index (χ0n) is 12.4. The molecule has 4 nitrogen and oxygen atoms in total. The number of ether oxygens (including phenoxy) is 2. The largest absolute Gasteiger partial charge is 0.423 e. The second-order valence-corrected chi connectivity index (χ2v) is 4.61. The highest BCUT2D eigenvalue weighted by Crippen LogP contribution is 2.33. The summed E-state index contributed by atoms with van der Waals surface area (Å²) < 4.78 is 10.3. The molecule has 0 N–H and O–H groups in total. The predicted molar refractivity (Wildman–Crippen MR) is 84.4 cm³/mol. The fourth-order valence-electron chi connectivity index (χ4n) is 1.90. The molecule has 0 spiro atoms. The van der Waals surface area contributed by atoms with Gasteiger partial charge in [0, 0.05) is 19.4 Å². The summed E-state index contributed by atoms with van der Waals surface area (Å²) in [5.74, 6) is -0.498. The molecule has 0 aliphatic rings. The van der Waals surface area contributed by atoms with Crippen LogP contribution in [0.4, 0.5) is 0 Å². The topological polar surface area (TPSA) is 52.6 Å². The van der Waals surface area contributed by atoms with Crippen LogP contribution < -0.4 is 9.47 Å². The highest BCUT2D eigenvalue weighted by Gasteiger charge is 2.13. The van der Waals surface area contributed by atoms with Gasteiger partial charge in [0.15, 0.2) is 11.5 Å². The van der Waals surface area contributed by atoms with E-state index in [0.717, 1.165) is 5.56 Å². The van der Waals surface area contributed by atoms with E-state index in [0.29, 0.717) is 5.56 Å². The Morgan fingerprint density at radius 1 is 0.818 bits per heavy atom. The van der Waals surface area contributed by atoms with Gasteiger partial charge in [0.25, 0.3) is 0 Å². The summed E-state index contributed by atoms with van der Waals surface area (Å²) >= 11 is 0. The molecule has 0 aromatic heterocycles. The van der Waals surface area contributed by atoms with Crippen LogP contribution in [0.2, 0.25) is 0 Å². The van der Waals surface area contributed by atoms with E-state index in [4.69, 9.17) is 9.47 Å². The monoisotopic (exact) mass is 296 g/mol. The molecule has 22 heavy (non-hydrogen) atoms. The summed E-state index contributed by atoms with van der Waals surface area (Å²) in [5.41, 5.74) is 1.66. The van der Waals surface area contributed by atoms with Crippen molar-refractivity contribution < 1.29 is 19.1 Å². The molecule has 112 valence electrons. The molecule has 0 aliphatic carbocycles. The van der Waals surface area contributed by atoms with Gasteiger partial charge in [0.05, 0.1) is 0 Å². The van der Waals surface area contributed by atoms with E-state index in [2.05, 4.69) is 0 Å². The Balaban J connectivity index is 2.39. The Labute approximate surface area is 129 Å². The molecular weight excluding hydrogens is 280 g/mol. The van der Waals surface area contributed by atoms with E-state index in [1.54, 1.807) is 24.3 Å². The molecule has 2 aromatic rings. The minimum Gasteiger partial charge on any atom is -0.423 e. The first-order chi connectivity index (χ1) is 10.6. The molecule has 0 radical (unpaired) electrons. The maximum atomic E-state index is 11.3. The first-order valence-corrected chi connectivity index (χ1v) is 6.79. The molecule has 2 rings (SSSR count). The summed E-state index contributed by atoms with van der Waals surface area (Å²) in [4.78, 5) is 22.5. The lowest BCUT2D eigenvalue weighted by Gasteiger charge is -2.11. The van der Waals surface area contributed by atoms with E-state index in [-0.39, 0.29) is 11.5 Å². The van der Waals surface area contributed by atoms with Crippen molar-refractivity contribution in [3.05, 3.63) is 59.7 Å². The van der Waals surface area contributed by atoms with Crippen LogP contribution >= 0.6 is 0 Å². The second kappa shape index (κ2) is 7.22. The first kappa shape index (κ1) is 15.5. The van der Waals surface area contributed by atoms with Crippen molar-refractivity contribution in [1.82, 2.24) is 0 Å². The van der Waals surface area contributed by atoms with E-state index < -0.39 is 11.9 Å². The summed E-state index contributed by atoms with van der Waals surface area (Å²) in [5, 5.41) is 0. The van der Waals surface area contributed by atoms with Crippen LogP contribution in [0, 0.1) is 0 Å². The molecule has 0 aliphatic heterocycles. The average Bonchev–Trinajstić information content (AvgIpc) is 2.48. The summed E-state index contributed by atoms with van der Waals surface area (Å²) in [6, 6.07) is 14.8. The molecule has 0 saturated heterocycles. The van der Waals surface area contributed by atoms with Crippen molar-refractivity contribution in [2.45, 2.75) is 13.8 Å². The fraction of sp³-hybridized carbons (Fsp3) is 0.111. The number of rotatable bonds is 4. The Morgan fingerprint density at radius 2 is 1.50 bits per heavy atom. The summed E-state index contributed by atoms with van der Waals surface area (Å²) in [6.45, 7) is 2.60. The van der Waals surface area contributed by atoms with E-state index in [1.165, 1.54) is 13.8 Å². The minimum absolute atomic E-state index is 0.220. The van der Waals surface area contributed by atoms with Crippen LogP contribution in [0.3, 0.4) is 0 Å². The van der Waals surface area contributed by atoms with Crippen molar-refractivity contribution in [1.29, 1.82) is 0 Å². The third-order valence-electron chi connectivity index (χ3n) is 2.76. The smallest absolute Gasteiger partial charge is 0.308 e. The number of carbonyl (C=O) groups is 2. The number of hydrogen-bond acceptors (Lipinski definition) is 4. The standard InChI is InChI=1S/C18H16O4/c1-13(19)21-17-10-6-9-16(18(17)22-14(2)20)12-11-15-7-4-3-5-8-15/h3-12H,1-2H3. The van der Waals surface area contributed by atoms with Gasteiger partial charge >= 0.3 is 11.9 Å². The quantitative estimate of drug-likeness (QED) is 0.490. The maximum absolute atomic E-state index is 11.3. The zero-order chi connectivity index (χ0) is 15.9. The Bertz CT molecular complexity index is 702. The van der Waals surface area contributed by atoms with Crippen molar-refractivity contribution in [2.75, 3.05) is 0 Å². The molecule has 0 heterocycles.